The number of hydrogen-bond donors (Lipinski definition) is 0. The molecule has 3 heteroatoms. The number of nitrogens with zero attached hydrogens (tertiary/aromatic N) is 1. The Morgan fingerprint density at radius 3 is 1.70 bits per heavy atom. The second-order valence-corrected chi connectivity index (χ2v) is 6.40. The van der Waals surface area contributed by atoms with E-state index in [4.69, 9.17) is 0 Å². The van der Waals surface area contributed by atoms with Crippen molar-refractivity contribution in [3.05, 3.63) is 79.0 Å². The van der Waals surface area contributed by atoms with E-state index in [1.165, 1.54) is 9.79 Å². The highest BCUT2D eigenvalue weighted by Gasteiger charge is 2.00. The number of hydrogen-bond acceptors (Lipinski definition) is 3. The van der Waals surface area contributed by atoms with Crippen LogP contribution in [-0.4, -0.2) is 4.98 Å². The molecular formula is C17H13NS2. The van der Waals surface area contributed by atoms with Crippen LogP contribution in [0.15, 0.2) is 98.7 Å². The van der Waals surface area contributed by atoms with Crippen LogP contribution in [0.2, 0.25) is 0 Å². The van der Waals surface area contributed by atoms with Crippen molar-refractivity contribution in [2.45, 2.75) is 19.7 Å². The average molecular weight is 295 g/mol. The fraction of sp³-hybridized carbons (Fsp3) is 0. The van der Waals surface area contributed by atoms with Gasteiger partial charge in [0.05, 0.1) is 0 Å². The zero-order chi connectivity index (χ0) is 13.6. The molecule has 0 unspecified atom stereocenters. The third kappa shape index (κ3) is 3.65. The summed E-state index contributed by atoms with van der Waals surface area (Å²) in [6.07, 6.45) is 1.93. The first-order valence-electron chi connectivity index (χ1n) is 6.32. The van der Waals surface area contributed by atoms with E-state index < -0.39 is 0 Å². The van der Waals surface area contributed by atoms with Crippen molar-refractivity contribution in [2.24, 2.45) is 0 Å². The monoisotopic (exact) mass is 295 g/mol. The van der Waals surface area contributed by atoms with E-state index in [1.807, 2.05) is 30.5 Å². The van der Waals surface area contributed by atoms with Crippen molar-refractivity contribution in [2.75, 3.05) is 0 Å². The average Bonchev–Trinajstić information content (AvgIpc) is 2.51. The van der Waals surface area contributed by atoms with Crippen LogP contribution in [-0.2, 0) is 0 Å². The molecule has 1 aromatic heterocycles. The van der Waals surface area contributed by atoms with Gasteiger partial charge >= 0.3 is 0 Å². The predicted molar refractivity (Wildman–Crippen MR) is 85.4 cm³/mol. The molecule has 1 nitrogen and oxygen atoms in total. The van der Waals surface area contributed by atoms with E-state index in [0.717, 1.165) is 9.92 Å². The summed E-state index contributed by atoms with van der Waals surface area (Å²) in [7, 11) is 0. The third-order valence-electron chi connectivity index (χ3n) is 2.65. The minimum absolute atomic E-state index is 1.02. The summed E-state index contributed by atoms with van der Waals surface area (Å²) in [5, 5.41) is 1.02. The Morgan fingerprint density at radius 1 is 0.550 bits per heavy atom. The summed E-state index contributed by atoms with van der Waals surface area (Å²) in [6, 6.07) is 24.8. The van der Waals surface area contributed by atoms with Crippen molar-refractivity contribution in [1.82, 2.24) is 4.98 Å². The van der Waals surface area contributed by atoms with E-state index in [2.05, 4.69) is 53.5 Å². The standard InChI is InChI=1S/C17H13NS2/c1-3-7-14(8-4-1)19-16-11-12-17(18-13-16)20-15-9-5-2-6-10-15/h1-13H. The quantitative estimate of drug-likeness (QED) is 0.641. The Kier molecular flexibility index (Phi) is 4.41. The largest absolute Gasteiger partial charge is 0.248 e. The maximum atomic E-state index is 4.51. The van der Waals surface area contributed by atoms with E-state index >= 15 is 0 Å². The lowest BCUT2D eigenvalue weighted by Gasteiger charge is -2.03. The van der Waals surface area contributed by atoms with Crippen LogP contribution in [0, 0.1) is 0 Å². The number of pyridine rings is 1. The minimum Gasteiger partial charge on any atom is -0.248 e. The van der Waals surface area contributed by atoms with E-state index in [0.29, 0.717) is 0 Å². The molecule has 0 atom stereocenters. The predicted octanol–water partition coefficient (Wildman–Crippen LogP) is 5.38. The smallest absolute Gasteiger partial charge is 0.101 e. The van der Waals surface area contributed by atoms with Crippen molar-refractivity contribution in [1.29, 1.82) is 0 Å². The highest BCUT2D eigenvalue weighted by Crippen LogP contribution is 2.30. The second kappa shape index (κ2) is 6.64. The molecule has 0 fully saturated rings. The van der Waals surface area contributed by atoms with E-state index in [9.17, 15) is 0 Å². The van der Waals surface area contributed by atoms with Gasteiger partial charge in [0.25, 0.3) is 0 Å². The SMILES string of the molecule is c1ccc(Sc2ccc(Sc3ccccc3)nc2)cc1. The molecule has 98 valence electrons. The number of rotatable bonds is 4. The second-order valence-electron chi connectivity index (χ2n) is 4.16. The highest BCUT2D eigenvalue weighted by molar-refractivity contribution is 7.99. The third-order valence-corrected chi connectivity index (χ3v) is 4.60. The van der Waals surface area contributed by atoms with Gasteiger partial charge in [-0.05, 0) is 36.4 Å². The van der Waals surface area contributed by atoms with Gasteiger partial charge < -0.3 is 0 Å². The Hall–Kier alpha value is -1.71. The first kappa shape index (κ1) is 13.3. The van der Waals surface area contributed by atoms with Gasteiger partial charge in [-0.15, -0.1) is 0 Å². The molecule has 0 N–H and O–H groups in total. The molecule has 2 aromatic carbocycles. The van der Waals surface area contributed by atoms with Crippen LogP contribution in [0.25, 0.3) is 0 Å². The molecule has 1 heterocycles. The molecule has 0 aliphatic carbocycles. The van der Waals surface area contributed by atoms with E-state index in [1.54, 1.807) is 23.5 Å². The van der Waals surface area contributed by atoms with Gasteiger partial charge in [-0.25, -0.2) is 4.98 Å². The van der Waals surface area contributed by atoms with Gasteiger partial charge in [-0.2, -0.15) is 0 Å². The van der Waals surface area contributed by atoms with Gasteiger partial charge in [0.2, 0.25) is 0 Å². The first-order chi connectivity index (χ1) is 9.90. The minimum atomic E-state index is 1.02. The van der Waals surface area contributed by atoms with Gasteiger partial charge in [0, 0.05) is 20.9 Å². The van der Waals surface area contributed by atoms with Gasteiger partial charge in [-0.3, -0.25) is 0 Å². The molecule has 3 rings (SSSR count). The topological polar surface area (TPSA) is 12.9 Å². The normalized spacial score (nSPS) is 10.4. The van der Waals surface area contributed by atoms with Crippen LogP contribution < -0.4 is 0 Å². The molecule has 0 radical (unpaired) electrons. The molecule has 0 saturated heterocycles. The molecule has 0 bridgehead atoms. The molecular weight excluding hydrogens is 282 g/mol. The van der Waals surface area contributed by atoms with Gasteiger partial charge in [0.15, 0.2) is 0 Å². The van der Waals surface area contributed by atoms with Gasteiger partial charge in [0.1, 0.15) is 5.03 Å². The lowest BCUT2D eigenvalue weighted by molar-refractivity contribution is 1.08. The van der Waals surface area contributed by atoms with Crippen molar-refractivity contribution < 1.29 is 0 Å². The van der Waals surface area contributed by atoms with Crippen LogP contribution in [0.3, 0.4) is 0 Å². The highest BCUT2D eigenvalue weighted by atomic mass is 32.2. The van der Waals surface area contributed by atoms with Crippen molar-refractivity contribution >= 4 is 23.5 Å². The van der Waals surface area contributed by atoms with Crippen LogP contribution >= 0.6 is 23.5 Å². The summed E-state index contributed by atoms with van der Waals surface area (Å²) in [4.78, 5) is 8.12. The number of benzene rings is 2. The Bertz CT molecular complexity index is 591. The molecule has 3 aromatic rings. The lowest BCUT2D eigenvalue weighted by Crippen LogP contribution is -1.81. The fourth-order valence-corrected chi connectivity index (χ4v) is 3.30. The van der Waals surface area contributed by atoms with Crippen LogP contribution in [0.5, 0.6) is 0 Å². The molecule has 0 aliphatic heterocycles. The molecule has 0 aliphatic rings. The first-order valence-corrected chi connectivity index (χ1v) is 7.95. The Labute approximate surface area is 127 Å². The van der Waals surface area contributed by atoms with Crippen molar-refractivity contribution in [3.8, 4) is 0 Å². The summed E-state index contributed by atoms with van der Waals surface area (Å²) in [6.45, 7) is 0. The maximum Gasteiger partial charge on any atom is 0.101 e. The van der Waals surface area contributed by atoms with Crippen molar-refractivity contribution in [3.63, 3.8) is 0 Å². The summed E-state index contributed by atoms with van der Waals surface area (Å²) in [5.41, 5.74) is 0. The maximum absolute atomic E-state index is 4.51. The zero-order valence-electron chi connectivity index (χ0n) is 10.8. The lowest BCUT2D eigenvalue weighted by atomic mass is 10.4. The molecule has 0 amide bonds. The number of aromatic nitrogens is 1. The Balaban J connectivity index is 1.69. The summed E-state index contributed by atoms with van der Waals surface area (Å²) >= 11 is 3.41. The molecule has 0 spiro atoms. The zero-order valence-corrected chi connectivity index (χ0v) is 12.4. The fourth-order valence-electron chi connectivity index (χ4n) is 1.72. The Morgan fingerprint density at radius 2 is 1.15 bits per heavy atom. The van der Waals surface area contributed by atoms with E-state index in [-0.39, 0.29) is 0 Å². The molecule has 0 saturated carbocycles. The summed E-state index contributed by atoms with van der Waals surface area (Å²) in [5.74, 6) is 0. The molecule has 20 heavy (non-hydrogen) atoms. The van der Waals surface area contributed by atoms with Gasteiger partial charge in [-0.1, -0.05) is 59.9 Å². The van der Waals surface area contributed by atoms with Crippen LogP contribution in [0.4, 0.5) is 0 Å². The van der Waals surface area contributed by atoms with Crippen LogP contribution in [0.1, 0.15) is 0 Å². The summed E-state index contributed by atoms with van der Waals surface area (Å²) < 4.78 is 0.